The molecule has 2 rings (SSSR count). The lowest BCUT2D eigenvalue weighted by atomic mass is 9.94. The molecule has 2 amide bonds. The molecule has 2 N–H and O–H groups in total. The van der Waals surface area contributed by atoms with Gasteiger partial charge in [0, 0.05) is 24.5 Å². The van der Waals surface area contributed by atoms with Crippen molar-refractivity contribution in [2.45, 2.75) is 40.2 Å². The van der Waals surface area contributed by atoms with Crippen LogP contribution in [0.4, 0.5) is 20.6 Å². The number of hydrogen-bond donors (Lipinski definition) is 2. The number of carbonyl (C=O) groups excluding carboxylic acids is 1. The number of nitrogens with one attached hydrogen (secondary N) is 2. The van der Waals surface area contributed by atoms with E-state index in [1.54, 1.807) is 12.1 Å². The van der Waals surface area contributed by atoms with E-state index < -0.39 is 5.54 Å². The average Bonchev–Trinajstić information content (AvgIpc) is 2.58. The Hall–Kier alpha value is -2.56. The predicted octanol–water partition coefficient (Wildman–Crippen LogP) is 5.04. The van der Waals surface area contributed by atoms with Gasteiger partial charge < -0.3 is 15.5 Å². The Morgan fingerprint density at radius 2 is 1.69 bits per heavy atom. The molecule has 0 fully saturated rings. The third kappa shape index (κ3) is 4.75. The van der Waals surface area contributed by atoms with Crippen molar-refractivity contribution in [2.75, 3.05) is 23.3 Å². The largest absolute Gasteiger partial charge is 0.372 e. The molecule has 2 aromatic rings. The van der Waals surface area contributed by atoms with E-state index in [4.69, 9.17) is 0 Å². The van der Waals surface area contributed by atoms with Crippen LogP contribution in [0.1, 0.15) is 38.8 Å². The van der Waals surface area contributed by atoms with Crippen LogP contribution < -0.4 is 15.5 Å². The molecule has 0 radical (unpaired) electrons. The van der Waals surface area contributed by atoms with E-state index in [9.17, 15) is 9.18 Å². The van der Waals surface area contributed by atoms with Crippen LogP contribution >= 0.6 is 0 Å². The number of halogens is 1. The highest BCUT2D eigenvalue weighted by molar-refractivity contribution is 5.91. The molecule has 0 heterocycles. The molecule has 0 atom stereocenters. The van der Waals surface area contributed by atoms with E-state index in [0.717, 1.165) is 35.6 Å². The first kappa shape index (κ1) is 19.8. The van der Waals surface area contributed by atoms with Gasteiger partial charge in [0.1, 0.15) is 5.82 Å². The normalized spacial score (nSPS) is 11.2. The van der Waals surface area contributed by atoms with Crippen molar-refractivity contribution in [2.24, 2.45) is 0 Å². The van der Waals surface area contributed by atoms with Gasteiger partial charge in [-0.1, -0.05) is 12.1 Å². The van der Waals surface area contributed by atoms with E-state index in [1.807, 2.05) is 32.9 Å². The molecule has 0 spiro atoms. The Balaban J connectivity index is 2.08. The summed E-state index contributed by atoms with van der Waals surface area (Å²) in [6, 6.07) is 11.9. The SMILES string of the molecule is CCN(CC)c1ccc(NC(=O)NC(C)(C)c2ccc(F)cc2)c(C)c1. The van der Waals surface area contributed by atoms with E-state index in [1.165, 1.54) is 12.1 Å². The highest BCUT2D eigenvalue weighted by Crippen LogP contribution is 2.24. The first-order valence-electron chi connectivity index (χ1n) is 8.97. The summed E-state index contributed by atoms with van der Waals surface area (Å²) in [5.41, 5.74) is 3.14. The zero-order valence-electron chi connectivity index (χ0n) is 16.2. The summed E-state index contributed by atoms with van der Waals surface area (Å²) in [5.74, 6) is -0.294. The quantitative estimate of drug-likeness (QED) is 0.761. The number of rotatable bonds is 6. The number of amides is 2. The minimum absolute atomic E-state index is 0.294. The Bertz CT molecular complexity index is 752. The van der Waals surface area contributed by atoms with Gasteiger partial charge in [-0.3, -0.25) is 0 Å². The van der Waals surface area contributed by atoms with Crippen LogP contribution in [-0.2, 0) is 5.54 Å². The summed E-state index contributed by atoms with van der Waals surface area (Å²) in [6.07, 6.45) is 0. The Morgan fingerprint density at radius 3 is 2.23 bits per heavy atom. The maximum atomic E-state index is 13.1. The maximum absolute atomic E-state index is 13.1. The topological polar surface area (TPSA) is 44.4 Å². The zero-order valence-corrected chi connectivity index (χ0v) is 16.2. The second kappa shape index (κ2) is 8.21. The lowest BCUT2D eigenvalue weighted by Crippen LogP contribution is -2.43. The van der Waals surface area contributed by atoms with Gasteiger partial charge in [-0.05, 0) is 76.1 Å². The Morgan fingerprint density at radius 1 is 1.08 bits per heavy atom. The van der Waals surface area contributed by atoms with E-state index in [-0.39, 0.29) is 11.8 Å². The van der Waals surface area contributed by atoms with E-state index >= 15 is 0 Å². The van der Waals surface area contributed by atoms with Crippen LogP contribution in [0.5, 0.6) is 0 Å². The molecular formula is C21H28FN3O. The van der Waals surface area contributed by atoms with Gasteiger partial charge in [0.2, 0.25) is 0 Å². The number of urea groups is 1. The molecule has 0 bridgehead atoms. The molecule has 2 aromatic carbocycles. The molecule has 0 aromatic heterocycles. The number of hydrogen-bond acceptors (Lipinski definition) is 2. The highest BCUT2D eigenvalue weighted by atomic mass is 19.1. The van der Waals surface area contributed by atoms with Crippen molar-refractivity contribution in [3.63, 3.8) is 0 Å². The molecule has 0 aliphatic carbocycles. The number of carbonyl (C=O) groups is 1. The Labute approximate surface area is 155 Å². The molecule has 140 valence electrons. The van der Waals surface area contributed by atoms with Gasteiger partial charge in [-0.15, -0.1) is 0 Å². The fraction of sp³-hybridized carbons (Fsp3) is 0.381. The molecular weight excluding hydrogens is 329 g/mol. The smallest absolute Gasteiger partial charge is 0.319 e. The Kier molecular flexibility index (Phi) is 6.24. The highest BCUT2D eigenvalue weighted by Gasteiger charge is 2.23. The summed E-state index contributed by atoms with van der Waals surface area (Å²) in [6.45, 7) is 11.9. The summed E-state index contributed by atoms with van der Waals surface area (Å²) in [5, 5.41) is 5.85. The van der Waals surface area contributed by atoms with Gasteiger partial charge in [-0.2, -0.15) is 0 Å². The zero-order chi connectivity index (χ0) is 19.3. The van der Waals surface area contributed by atoms with Crippen molar-refractivity contribution >= 4 is 17.4 Å². The molecule has 0 unspecified atom stereocenters. The van der Waals surface area contributed by atoms with Crippen molar-refractivity contribution in [3.05, 3.63) is 59.4 Å². The lowest BCUT2D eigenvalue weighted by Gasteiger charge is -2.27. The van der Waals surface area contributed by atoms with Gasteiger partial charge >= 0.3 is 6.03 Å². The minimum Gasteiger partial charge on any atom is -0.372 e. The number of benzene rings is 2. The van der Waals surface area contributed by atoms with Crippen LogP contribution in [0.25, 0.3) is 0 Å². The maximum Gasteiger partial charge on any atom is 0.319 e. The predicted molar refractivity (Wildman–Crippen MR) is 106 cm³/mol. The lowest BCUT2D eigenvalue weighted by molar-refractivity contribution is 0.242. The van der Waals surface area contributed by atoms with Crippen molar-refractivity contribution < 1.29 is 9.18 Å². The molecule has 0 saturated heterocycles. The van der Waals surface area contributed by atoms with Crippen molar-refractivity contribution in [1.29, 1.82) is 0 Å². The van der Waals surface area contributed by atoms with E-state index in [0.29, 0.717) is 0 Å². The molecule has 0 aliphatic heterocycles. The molecule has 26 heavy (non-hydrogen) atoms. The standard InChI is InChI=1S/C21H28FN3O/c1-6-25(7-2)18-12-13-19(15(3)14-18)23-20(26)24-21(4,5)16-8-10-17(22)11-9-16/h8-14H,6-7H2,1-5H3,(H2,23,24,26). The fourth-order valence-electron chi connectivity index (χ4n) is 2.95. The van der Waals surface area contributed by atoms with Gasteiger partial charge in [0.05, 0.1) is 5.54 Å². The van der Waals surface area contributed by atoms with E-state index in [2.05, 4.69) is 35.4 Å². The van der Waals surface area contributed by atoms with Crippen LogP contribution in [0.3, 0.4) is 0 Å². The van der Waals surface area contributed by atoms with Crippen LogP contribution in [0, 0.1) is 12.7 Å². The van der Waals surface area contributed by atoms with Gasteiger partial charge in [-0.25, -0.2) is 9.18 Å². The van der Waals surface area contributed by atoms with Crippen LogP contribution in [-0.4, -0.2) is 19.1 Å². The molecule has 5 heteroatoms. The van der Waals surface area contributed by atoms with Gasteiger partial charge in [0.15, 0.2) is 0 Å². The van der Waals surface area contributed by atoms with Crippen molar-refractivity contribution in [1.82, 2.24) is 5.32 Å². The second-order valence-corrected chi connectivity index (χ2v) is 6.88. The molecule has 4 nitrogen and oxygen atoms in total. The third-order valence-corrected chi connectivity index (χ3v) is 4.58. The molecule has 0 saturated carbocycles. The molecule has 0 aliphatic rings. The van der Waals surface area contributed by atoms with Gasteiger partial charge in [0.25, 0.3) is 0 Å². The summed E-state index contributed by atoms with van der Waals surface area (Å²) in [4.78, 5) is 14.7. The summed E-state index contributed by atoms with van der Waals surface area (Å²) in [7, 11) is 0. The number of anilines is 2. The van der Waals surface area contributed by atoms with Crippen LogP contribution in [0.15, 0.2) is 42.5 Å². The minimum atomic E-state index is -0.618. The third-order valence-electron chi connectivity index (χ3n) is 4.58. The van der Waals surface area contributed by atoms with Crippen LogP contribution in [0.2, 0.25) is 0 Å². The fourth-order valence-corrected chi connectivity index (χ4v) is 2.95. The summed E-state index contributed by atoms with van der Waals surface area (Å²) >= 11 is 0. The summed E-state index contributed by atoms with van der Waals surface area (Å²) < 4.78 is 13.1. The monoisotopic (exact) mass is 357 g/mol. The number of nitrogens with zero attached hydrogens (tertiary/aromatic N) is 1. The first-order chi connectivity index (χ1) is 12.3. The first-order valence-corrected chi connectivity index (χ1v) is 8.97. The second-order valence-electron chi connectivity index (χ2n) is 6.88. The number of aryl methyl sites for hydroxylation is 1. The van der Waals surface area contributed by atoms with Crippen molar-refractivity contribution in [3.8, 4) is 0 Å². The average molecular weight is 357 g/mol.